The van der Waals surface area contributed by atoms with E-state index < -0.39 is 0 Å². The van der Waals surface area contributed by atoms with Crippen molar-refractivity contribution >= 4 is 6.29 Å². The van der Waals surface area contributed by atoms with Gasteiger partial charge < -0.3 is 4.79 Å². The van der Waals surface area contributed by atoms with Gasteiger partial charge in [0.05, 0.1) is 0 Å². The molecule has 0 saturated heterocycles. The van der Waals surface area contributed by atoms with Crippen LogP contribution in [0.25, 0.3) is 0 Å². The van der Waals surface area contributed by atoms with Crippen LogP contribution in [-0.2, 0) is 17.6 Å². The van der Waals surface area contributed by atoms with Crippen molar-refractivity contribution in [3.8, 4) is 0 Å². The van der Waals surface area contributed by atoms with E-state index in [0.717, 1.165) is 25.5 Å². The Morgan fingerprint density at radius 1 is 1.00 bits per heavy atom. The highest BCUT2D eigenvalue weighted by Gasteiger charge is 1.94. The summed E-state index contributed by atoms with van der Waals surface area (Å²) in [6.07, 6.45) is 7.31. The zero-order chi connectivity index (χ0) is 10.9. The van der Waals surface area contributed by atoms with Crippen LogP contribution in [0.15, 0.2) is 24.3 Å². The highest BCUT2D eigenvalue weighted by atomic mass is 16.1. The molecular weight excluding hydrogens is 184 g/mol. The van der Waals surface area contributed by atoms with E-state index in [-0.39, 0.29) is 0 Å². The molecule has 0 amide bonds. The summed E-state index contributed by atoms with van der Waals surface area (Å²) < 4.78 is 0. The third kappa shape index (κ3) is 4.78. The molecule has 0 aliphatic carbocycles. The molecule has 1 aromatic carbocycles. The Bertz CT molecular complexity index is 274. The summed E-state index contributed by atoms with van der Waals surface area (Å²) in [4.78, 5) is 10.1. The number of hydrogen-bond acceptors (Lipinski definition) is 1. The highest BCUT2D eigenvalue weighted by molar-refractivity contribution is 5.48. The first-order valence-electron chi connectivity index (χ1n) is 5.88. The van der Waals surface area contributed by atoms with E-state index in [1.165, 1.54) is 24.0 Å². The summed E-state index contributed by atoms with van der Waals surface area (Å²) in [7, 11) is 0. The van der Waals surface area contributed by atoms with Gasteiger partial charge in [-0.15, -0.1) is 0 Å². The van der Waals surface area contributed by atoms with Gasteiger partial charge in [0.15, 0.2) is 0 Å². The van der Waals surface area contributed by atoms with Gasteiger partial charge in [-0.1, -0.05) is 37.6 Å². The van der Waals surface area contributed by atoms with E-state index in [1.807, 2.05) is 0 Å². The van der Waals surface area contributed by atoms with E-state index >= 15 is 0 Å². The van der Waals surface area contributed by atoms with Crippen molar-refractivity contribution < 1.29 is 4.79 Å². The maximum absolute atomic E-state index is 10.1. The molecule has 0 atom stereocenters. The SMILES string of the molecule is CCCc1ccc(CCCCC=O)cc1. The smallest absolute Gasteiger partial charge is 0.119 e. The number of carbonyl (C=O) groups is 1. The first kappa shape index (κ1) is 12.0. The topological polar surface area (TPSA) is 17.1 Å². The molecule has 0 heterocycles. The zero-order valence-corrected chi connectivity index (χ0v) is 9.54. The third-order valence-corrected chi connectivity index (χ3v) is 2.60. The van der Waals surface area contributed by atoms with Crippen molar-refractivity contribution in [3.05, 3.63) is 35.4 Å². The molecule has 0 fully saturated rings. The van der Waals surface area contributed by atoms with Crippen LogP contribution in [0.4, 0.5) is 0 Å². The normalized spacial score (nSPS) is 10.2. The van der Waals surface area contributed by atoms with Crippen LogP contribution < -0.4 is 0 Å². The molecule has 0 aromatic heterocycles. The number of hydrogen-bond donors (Lipinski definition) is 0. The molecule has 1 aromatic rings. The molecule has 0 unspecified atom stereocenters. The van der Waals surface area contributed by atoms with E-state index in [4.69, 9.17) is 0 Å². The Morgan fingerprint density at radius 3 is 2.13 bits per heavy atom. The molecule has 0 spiro atoms. The molecule has 0 bridgehead atoms. The molecule has 0 saturated carbocycles. The molecule has 1 nitrogen and oxygen atoms in total. The number of benzene rings is 1. The van der Waals surface area contributed by atoms with Crippen LogP contribution in [0, 0.1) is 0 Å². The lowest BCUT2D eigenvalue weighted by Gasteiger charge is -2.02. The number of rotatable bonds is 7. The Balaban J connectivity index is 2.32. The minimum Gasteiger partial charge on any atom is -0.303 e. The third-order valence-electron chi connectivity index (χ3n) is 2.60. The van der Waals surface area contributed by atoms with Gasteiger partial charge in [0.1, 0.15) is 6.29 Å². The minimum atomic E-state index is 0.702. The van der Waals surface area contributed by atoms with Gasteiger partial charge in [0.2, 0.25) is 0 Å². The molecule has 15 heavy (non-hydrogen) atoms. The molecule has 0 radical (unpaired) electrons. The maximum Gasteiger partial charge on any atom is 0.119 e. The molecule has 0 aliphatic heterocycles. The van der Waals surface area contributed by atoms with Crippen LogP contribution in [0.3, 0.4) is 0 Å². The lowest BCUT2D eigenvalue weighted by molar-refractivity contribution is -0.107. The highest BCUT2D eigenvalue weighted by Crippen LogP contribution is 2.09. The average Bonchev–Trinajstić information content (AvgIpc) is 2.27. The van der Waals surface area contributed by atoms with E-state index in [1.54, 1.807) is 0 Å². The second kappa shape index (κ2) is 7.22. The van der Waals surface area contributed by atoms with Gasteiger partial charge in [-0.05, 0) is 36.8 Å². The summed E-state index contributed by atoms with van der Waals surface area (Å²) in [6.45, 7) is 2.20. The Morgan fingerprint density at radius 2 is 1.60 bits per heavy atom. The lowest BCUT2D eigenvalue weighted by atomic mass is 10.0. The largest absolute Gasteiger partial charge is 0.303 e. The summed E-state index contributed by atoms with van der Waals surface area (Å²) in [5.74, 6) is 0. The van der Waals surface area contributed by atoms with E-state index in [2.05, 4.69) is 31.2 Å². The zero-order valence-electron chi connectivity index (χ0n) is 9.54. The summed E-state index contributed by atoms with van der Waals surface area (Å²) in [5, 5.41) is 0. The van der Waals surface area contributed by atoms with Crippen LogP contribution in [0.5, 0.6) is 0 Å². The predicted molar refractivity (Wildman–Crippen MR) is 64.1 cm³/mol. The monoisotopic (exact) mass is 204 g/mol. The quantitative estimate of drug-likeness (QED) is 0.490. The molecule has 82 valence electrons. The van der Waals surface area contributed by atoms with Gasteiger partial charge in [0.25, 0.3) is 0 Å². The minimum absolute atomic E-state index is 0.702. The molecule has 0 aliphatic rings. The van der Waals surface area contributed by atoms with Crippen molar-refractivity contribution in [2.75, 3.05) is 0 Å². The molecule has 0 N–H and O–H groups in total. The second-order valence-corrected chi connectivity index (χ2v) is 3.98. The lowest BCUT2D eigenvalue weighted by Crippen LogP contribution is -1.88. The van der Waals surface area contributed by atoms with Crippen molar-refractivity contribution in [2.45, 2.75) is 45.4 Å². The Labute approximate surface area is 92.5 Å². The maximum atomic E-state index is 10.1. The van der Waals surface area contributed by atoms with Crippen LogP contribution in [0.2, 0.25) is 0 Å². The molecule has 1 heteroatoms. The van der Waals surface area contributed by atoms with Gasteiger partial charge in [0, 0.05) is 6.42 Å². The standard InChI is InChI=1S/C14H20O/c1-2-6-13-8-10-14(11-9-13)7-4-3-5-12-15/h8-12H,2-7H2,1H3. The summed E-state index contributed by atoms with van der Waals surface area (Å²) in [6, 6.07) is 8.87. The van der Waals surface area contributed by atoms with Crippen LogP contribution in [-0.4, -0.2) is 6.29 Å². The first-order chi connectivity index (χ1) is 7.36. The fraction of sp³-hybridized carbons (Fsp3) is 0.500. The van der Waals surface area contributed by atoms with Crippen molar-refractivity contribution in [1.82, 2.24) is 0 Å². The van der Waals surface area contributed by atoms with Crippen LogP contribution in [0.1, 0.15) is 43.7 Å². The van der Waals surface area contributed by atoms with Gasteiger partial charge >= 0.3 is 0 Å². The average molecular weight is 204 g/mol. The first-order valence-corrected chi connectivity index (χ1v) is 5.88. The Kier molecular flexibility index (Phi) is 5.76. The fourth-order valence-electron chi connectivity index (χ4n) is 1.72. The molecule has 1 rings (SSSR count). The van der Waals surface area contributed by atoms with Gasteiger partial charge in [-0.2, -0.15) is 0 Å². The Hall–Kier alpha value is -1.11. The number of aldehydes is 1. The number of unbranched alkanes of at least 4 members (excludes halogenated alkanes) is 2. The number of aryl methyl sites for hydroxylation is 2. The van der Waals surface area contributed by atoms with Crippen molar-refractivity contribution in [2.24, 2.45) is 0 Å². The summed E-state index contributed by atoms with van der Waals surface area (Å²) in [5.41, 5.74) is 2.81. The fourth-order valence-corrected chi connectivity index (χ4v) is 1.72. The van der Waals surface area contributed by atoms with Crippen molar-refractivity contribution in [1.29, 1.82) is 0 Å². The van der Waals surface area contributed by atoms with E-state index in [9.17, 15) is 4.79 Å². The van der Waals surface area contributed by atoms with Crippen molar-refractivity contribution in [3.63, 3.8) is 0 Å². The number of carbonyl (C=O) groups excluding carboxylic acids is 1. The second-order valence-electron chi connectivity index (χ2n) is 3.98. The van der Waals surface area contributed by atoms with Crippen LogP contribution >= 0.6 is 0 Å². The van der Waals surface area contributed by atoms with Gasteiger partial charge in [-0.25, -0.2) is 0 Å². The molecular formula is C14H20O. The predicted octanol–water partition coefficient (Wildman–Crippen LogP) is 3.55. The van der Waals surface area contributed by atoms with E-state index in [0.29, 0.717) is 6.42 Å². The van der Waals surface area contributed by atoms with Gasteiger partial charge in [-0.3, -0.25) is 0 Å². The summed E-state index contributed by atoms with van der Waals surface area (Å²) >= 11 is 0.